The molecule has 0 saturated heterocycles. The number of rotatable bonds is 5. The maximum absolute atomic E-state index is 11.1. The highest BCUT2D eigenvalue weighted by molar-refractivity contribution is 5.72. The van der Waals surface area contributed by atoms with Gasteiger partial charge in [0.25, 0.3) is 0 Å². The Bertz CT molecular complexity index is 288. The number of amides is 2. The van der Waals surface area contributed by atoms with Crippen LogP contribution >= 0.6 is 0 Å². The Morgan fingerprint density at radius 2 is 2.07 bits per heavy atom. The minimum atomic E-state index is -0.313. The average Bonchev–Trinajstić information content (AvgIpc) is 2.28. The normalized spacial score (nSPS) is 9.40. The van der Waals surface area contributed by atoms with Crippen molar-refractivity contribution in [2.24, 2.45) is 0 Å². The zero-order chi connectivity index (χ0) is 10.9. The fraction of sp³-hybridized carbons (Fsp3) is 0.364. The third-order valence-electron chi connectivity index (χ3n) is 1.82. The Morgan fingerprint density at radius 3 is 2.73 bits per heavy atom. The largest absolute Gasteiger partial charge is 0.378 e. The van der Waals surface area contributed by atoms with E-state index in [2.05, 4.69) is 17.7 Å². The van der Waals surface area contributed by atoms with Crippen LogP contribution in [0.25, 0.3) is 0 Å². The quantitative estimate of drug-likeness (QED) is 0.575. The van der Waals surface area contributed by atoms with Crippen LogP contribution < -0.4 is 15.6 Å². The van der Waals surface area contributed by atoms with Crippen molar-refractivity contribution in [3.05, 3.63) is 30.3 Å². The number of para-hydroxylation sites is 1. The molecular formula is C11H16N2O2. The average molecular weight is 208 g/mol. The van der Waals surface area contributed by atoms with Crippen molar-refractivity contribution in [2.45, 2.75) is 19.8 Å². The first-order valence-electron chi connectivity index (χ1n) is 5.08. The fourth-order valence-corrected chi connectivity index (χ4v) is 1.01. The number of urea groups is 1. The molecule has 0 unspecified atom stereocenters. The third kappa shape index (κ3) is 4.90. The molecule has 0 bridgehead atoms. The Hall–Kier alpha value is -1.71. The van der Waals surface area contributed by atoms with Crippen LogP contribution in [0.15, 0.2) is 30.3 Å². The maximum Gasteiger partial charge on any atom is 0.347 e. The van der Waals surface area contributed by atoms with Crippen molar-refractivity contribution in [2.75, 3.05) is 6.54 Å². The minimum Gasteiger partial charge on any atom is -0.378 e. The standard InChI is InChI=1S/C11H16N2O2/c1-2-3-9-12-11(14)13-15-10-7-5-4-6-8-10/h4-8H,2-3,9H2,1H3,(H2,12,13,14). The van der Waals surface area contributed by atoms with Gasteiger partial charge in [0.05, 0.1) is 0 Å². The van der Waals surface area contributed by atoms with Gasteiger partial charge >= 0.3 is 6.03 Å². The number of unbranched alkanes of at least 4 members (excludes halogenated alkanes) is 1. The number of nitrogens with one attached hydrogen (secondary N) is 2. The number of carbonyl (C=O) groups excluding carboxylic acids is 1. The molecule has 0 heterocycles. The summed E-state index contributed by atoms with van der Waals surface area (Å²) >= 11 is 0. The third-order valence-corrected chi connectivity index (χ3v) is 1.82. The molecule has 4 heteroatoms. The monoisotopic (exact) mass is 208 g/mol. The van der Waals surface area contributed by atoms with Crippen molar-refractivity contribution in [3.8, 4) is 5.75 Å². The summed E-state index contributed by atoms with van der Waals surface area (Å²) < 4.78 is 0. The van der Waals surface area contributed by atoms with Crippen molar-refractivity contribution in [3.63, 3.8) is 0 Å². The second-order valence-electron chi connectivity index (χ2n) is 3.13. The molecule has 1 aromatic rings. The molecule has 82 valence electrons. The van der Waals surface area contributed by atoms with Crippen LogP contribution in [0.5, 0.6) is 5.75 Å². The summed E-state index contributed by atoms with van der Waals surface area (Å²) in [6, 6.07) is 8.79. The zero-order valence-corrected chi connectivity index (χ0v) is 8.82. The van der Waals surface area contributed by atoms with E-state index in [1.165, 1.54) is 0 Å². The molecule has 0 aliphatic carbocycles. The minimum absolute atomic E-state index is 0.313. The van der Waals surface area contributed by atoms with E-state index >= 15 is 0 Å². The fourth-order valence-electron chi connectivity index (χ4n) is 1.01. The molecule has 0 radical (unpaired) electrons. The van der Waals surface area contributed by atoms with E-state index in [1.807, 2.05) is 18.2 Å². The molecule has 1 aromatic carbocycles. The molecule has 4 nitrogen and oxygen atoms in total. The molecule has 0 aliphatic heterocycles. The van der Waals surface area contributed by atoms with Gasteiger partial charge in [0.15, 0.2) is 5.75 Å². The van der Waals surface area contributed by atoms with E-state index < -0.39 is 0 Å². The summed E-state index contributed by atoms with van der Waals surface area (Å²) in [5.74, 6) is 0.614. The second kappa shape index (κ2) is 6.70. The lowest BCUT2D eigenvalue weighted by atomic mass is 10.3. The van der Waals surface area contributed by atoms with Crippen LogP contribution in [-0.4, -0.2) is 12.6 Å². The molecule has 2 N–H and O–H groups in total. The van der Waals surface area contributed by atoms with Crippen molar-refractivity contribution in [1.29, 1.82) is 0 Å². The summed E-state index contributed by atoms with van der Waals surface area (Å²) in [6.45, 7) is 2.74. The lowest BCUT2D eigenvalue weighted by Crippen LogP contribution is -2.37. The predicted octanol–water partition coefficient (Wildman–Crippen LogP) is 2.08. The van der Waals surface area contributed by atoms with Gasteiger partial charge < -0.3 is 10.2 Å². The van der Waals surface area contributed by atoms with E-state index in [9.17, 15) is 4.79 Å². The number of hydrogen-bond acceptors (Lipinski definition) is 2. The molecule has 0 spiro atoms. The Kier molecular flexibility index (Phi) is 5.08. The van der Waals surface area contributed by atoms with E-state index in [1.54, 1.807) is 12.1 Å². The van der Waals surface area contributed by atoms with Crippen molar-refractivity contribution in [1.82, 2.24) is 10.8 Å². The van der Waals surface area contributed by atoms with Gasteiger partial charge in [-0.25, -0.2) is 4.79 Å². The highest BCUT2D eigenvalue weighted by Crippen LogP contribution is 2.05. The number of carbonyl (C=O) groups is 1. The Morgan fingerprint density at radius 1 is 1.33 bits per heavy atom. The molecule has 15 heavy (non-hydrogen) atoms. The van der Waals surface area contributed by atoms with Crippen LogP contribution in [-0.2, 0) is 0 Å². The highest BCUT2D eigenvalue weighted by atomic mass is 16.7. The van der Waals surface area contributed by atoms with Crippen LogP contribution in [0.1, 0.15) is 19.8 Å². The summed E-state index contributed by atoms with van der Waals surface area (Å²) in [5, 5.41) is 2.68. The first kappa shape index (κ1) is 11.4. The molecular weight excluding hydrogens is 192 g/mol. The number of hydrogen-bond donors (Lipinski definition) is 2. The van der Waals surface area contributed by atoms with Gasteiger partial charge in [0, 0.05) is 6.54 Å². The predicted molar refractivity (Wildman–Crippen MR) is 58.5 cm³/mol. The number of benzene rings is 1. The van der Waals surface area contributed by atoms with Gasteiger partial charge in [-0.2, -0.15) is 5.48 Å². The zero-order valence-electron chi connectivity index (χ0n) is 8.82. The van der Waals surface area contributed by atoms with Crippen LogP contribution in [0.2, 0.25) is 0 Å². The topological polar surface area (TPSA) is 50.4 Å². The van der Waals surface area contributed by atoms with Crippen molar-refractivity contribution < 1.29 is 9.63 Å². The van der Waals surface area contributed by atoms with Gasteiger partial charge in [-0.3, -0.25) is 0 Å². The molecule has 0 saturated carbocycles. The first-order chi connectivity index (χ1) is 7.33. The Labute approximate surface area is 89.6 Å². The lowest BCUT2D eigenvalue weighted by molar-refractivity contribution is 0.178. The van der Waals surface area contributed by atoms with Crippen LogP contribution in [0.3, 0.4) is 0 Å². The molecule has 2 amide bonds. The molecule has 0 aromatic heterocycles. The smallest absolute Gasteiger partial charge is 0.347 e. The number of hydroxylamine groups is 1. The highest BCUT2D eigenvalue weighted by Gasteiger charge is 1.98. The Balaban J connectivity index is 2.17. The van der Waals surface area contributed by atoms with E-state index in [4.69, 9.17) is 4.84 Å². The first-order valence-corrected chi connectivity index (χ1v) is 5.08. The lowest BCUT2D eigenvalue weighted by Gasteiger charge is -2.07. The summed E-state index contributed by atoms with van der Waals surface area (Å²) in [4.78, 5) is 16.2. The van der Waals surface area contributed by atoms with Gasteiger partial charge in [0.1, 0.15) is 0 Å². The van der Waals surface area contributed by atoms with Gasteiger partial charge in [0.2, 0.25) is 0 Å². The summed E-state index contributed by atoms with van der Waals surface area (Å²) in [5.41, 5.74) is 2.31. The van der Waals surface area contributed by atoms with Gasteiger partial charge in [-0.05, 0) is 18.6 Å². The molecule has 0 atom stereocenters. The van der Waals surface area contributed by atoms with Crippen LogP contribution in [0.4, 0.5) is 4.79 Å². The molecule has 1 rings (SSSR count). The molecule has 0 fully saturated rings. The SMILES string of the molecule is CCCCNC(=O)NOc1ccccc1. The van der Waals surface area contributed by atoms with Crippen molar-refractivity contribution >= 4 is 6.03 Å². The summed E-state index contributed by atoms with van der Waals surface area (Å²) in [6.07, 6.45) is 2.03. The van der Waals surface area contributed by atoms with Crippen LogP contribution in [0, 0.1) is 0 Å². The van der Waals surface area contributed by atoms with Gasteiger partial charge in [-0.1, -0.05) is 31.5 Å². The van der Waals surface area contributed by atoms with E-state index in [0.717, 1.165) is 12.8 Å². The van der Waals surface area contributed by atoms with E-state index in [0.29, 0.717) is 12.3 Å². The second-order valence-corrected chi connectivity index (χ2v) is 3.13. The van der Waals surface area contributed by atoms with Gasteiger partial charge in [-0.15, -0.1) is 0 Å². The summed E-state index contributed by atoms with van der Waals surface area (Å²) in [7, 11) is 0. The maximum atomic E-state index is 11.1. The van der Waals surface area contributed by atoms with E-state index in [-0.39, 0.29) is 6.03 Å². The molecule has 0 aliphatic rings.